The Hall–Kier alpha value is -1.85. The maximum atomic E-state index is 10.4. The summed E-state index contributed by atoms with van der Waals surface area (Å²) in [5.74, 6) is -2.29. The number of rotatable bonds is 3. The quantitative estimate of drug-likeness (QED) is 0.579. The summed E-state index contributed by atoms with van der Waals surface area (Å²) in [5.41, 5.74) is 0.00685. The highest BCUT2D eigenvalue weighted by Gasteiger charge is 2.14. The van der Waals surface area contributed by atoms with Crippen LogP contribution in [0.1, 0.15) is 16.1 Å². The molecule has 0 atom stereocenters. The van der Waals surface area contributed by atoms with Crippen molar-refractivity contribution in [2.75, 3.05) is 0 Å². The van der Waals surface area contributed by atoms with Crippen LogP contribution in [0.15, 0.2) is 6.20 Å². The predicted octanol–water partition coefficient (Wildman–Crippen LogP) is -0.265. The van der Waals surface area contributed by atoms with Crippen LogP contribution in [-0.2, 0) is 11.2 Å². The first-order valence-corrected chi connectivity index (χ1v) is 3.08. The van der Waals surface area contributed by atoms with Gasteiger partial charge in [-0.25, -0.2) is 4.79 Å². The van der Waals surface area contributed by atoms with E-state index in [2.05, 4.69) is 10.2 Å². The van der Waals surface area contributed by atoms with Gasteiger partial charge in [0.1, 0.15) is 5.69 Å². The molecule has 0 saturated heterocycles. The van der Waals surface area contributed by atoms with E-state index in [-0.39, 0.29) is 17.7 Å². The van der Waals surface area contributed by atoms with Crippen molar-refractivity contribution < 1.29 is 19.8 Å². The number of nitrogens with zero attached hydrogens (tertiary/aromatic N) is 1. The van der Waals surface area contributed by atoms with Crippen molar-refractivity contribution in [3.63, 3.8) is 0 Å². The molecule has 6 nitrogen and oxygen atoms in total. The molecule has 0 aliphatic heterocycles. The Morgan fingerprint density at radius 3 is 2.67 bits per heavy atom. The van der Waals surface area contributed by atoms with Crippen molar-refractivity contribution in [1.82, 2.24) is 10.2 Å². The zero-order valence-corrected chi connectivity index (χ0v) is 5.94. The van der Waals surface area contributed by atoms with Gasteiger partial charge in [0.05, 0.1) is 12.6 Å². The number of aromatic nitrogens is 2. The van der Waals surface area contributed by atoms with Gasteiger partial charge in [-0.2, -0.15) is 5.10 Å². The van der Waals surface area contributed by atoms with Gasteiger partial charge < -0.3 is 10.2 Å². The topological polar surface area (TPSA) is 103 Å². The van der Waals surface area contributed by atoms with Crippen LogP contribution in [0, 0.1) is 0 Å². The van der Waals surface area contributed by atoms with Crippen LogP contribution in [0.2, 0.25) is 0 Å². The van der Waals surface area contributed by atoms with E-state index >= 15 is 0 Å². The van der Waals surface area contributed by atoms with Crippen LogP contribution in [-0.4, -0.2) is 32.3 Å². The van der Waals surface area contributed by atoms with E-state index in [0.29, 0.717) is 0 Å². The number of aromatic carboxylic acids is 1. The number of aromatic amines is 1. The molecule has 0 bridgehead atoms. The summed E-state index contributed by atoms with van der Waals surface area (Å²) in [4.78, 5) is 20.6. The van der Waals surface area contributed by atoms with Crippen LogP contribution in [0.4, 0.5) is 0 Å². The minimum atomic E-state index is -1.20. The van der Waals surface area contributed by atoms with Crippen molar-refractivity contribution in [3.05, 3.63) is 17.5 Å². The Morgan fingerprint density at radius 2 is 2.17 bits per heavy atom. The first-order valence-electron chi connectivity index (χ1n) is 3.08. The fourth-order valence-electron chi connectivity index (χ4n) is 0.793. The molecule has 0 fully saturated rings. The molecule has 0 aliphatic rings. The van der Waals surface area contributed by atoms with E-state index in [1.807, 2.05) is 0 Å². The smallest absolute Gasteiger partial charge is 0.354 e. The van der Waals surface area contributed by atoms with Gasteiger partial charge in [-0.05, 0) is 0 Å². The third-order valence-corrected chi connectivity index (χ3v) is 1.27. The van der Waals surface area contributed by atoms with Crippen molar-refractivity contribution in [2.45, 2.75) is 6.42 Å². The average Bonchev–Trinajstić information content (AvgIpc) is 2.33. The molecule has 64 valence electrons. The molecule has 6 heteroatoms. The molecule has 0 aliphatic carbocycles. The summed E-state index contributed by atoms with van der Waals surface area (Å²) < 4.78 is 0. The molecule has 12 heavy (non-hydrogen) atoms. The van der Waals surface area contributed by atoms with E-state index < -0.39 is 11.9 Å². The third kappa shape index (κ3) is 1.60. The van der Waals surface area contributed by atoms with Crippen molar-refractivity contribution >= 4 is 11.9 Å². The lowest BCUT2D eigenvalue weighted by atomic mass is 10.2. The zero-order valence-electron chi connectivity index (χ0n) is 5.94. The van der Waals surface area contributed by atoms with Gasteiger partial charge in [-0.15, -0.1) is 0 Å². The SMILES string of the molecule is O=C(O)Cc1cn[nH]c1C(=O)O. The van der Waals surface area contributed by atoms with Crippen LogP contribution in [0.25, 0.3) is 0 Å². The predicted molar refractivity (Wildman–Crippen MR) is 36.9 cm³/mol. The number of hydrogen-bond acceptors (Lipinski definition) is 3. The number of aliphatic carboxylic acids is 1. The summed E-state index contributed by atoms with van der Waals surface area (Å²) in [5, 5.41) is 22.5. The Balaban J connectivity index is 2.91. The zero-order chi connectivity index (χ0) is 9.14. The normalized spacial score (nSPS) is 9.67. The number of hydrogen-bond donors (Lipinski definition) is 3. The second kappa shape index (κ2) is 3.04. The highest BCUT2D eigenvalue weighted by Crippen LogP contribution is 2.04. The lowest BCUT2D eigenvalue weighted by Gasteiger charge is -1.92. The molecule has 0 aromatic carbocycles. The second-order valence-corrected chi connectivity index (χ2v) is 2.15. The molecule has 0 radical (unpaired) electrons. The lowest BCUT2D eigenvalue weighted by Crippen LogP contribution is -2.06. The lowest BCUT2D eigenvalue weighted by molar-refractivity contribution is -0.136. The van der Waals surface area contributed by atoms with Crippen LogP contribution in [0.5, 0.6) is 0 Å². The van der Waals surface area contributed by atoms with Crippen molar-refractivity contribution in [2.24, 2.45) is 0 Å². The number of nitrogens with one attached hydrogen (secondary N) is 1. The highest BCUT2D eigenvalue weighted by atomic mass is 16.4. The fourth-order valence-corrected chi connectivity index (χ4v) is 0.793. The van der Waals surface area contributed by atoms with E-state index in [9.17, 15) is 9.59 Å². The number of carboxylic acids is 2. The summed E-state index contributed by atoms with van der Waals surface area (Å²) in [6, 6.07) is 0. The maximum Gasteiger partial charge on any atom is 0.354 e. The number of carboxylic acid groups (broad SMARTS) is 2. The van der Waals surface area contributed by atoms with Gasteiger partial charge >= 0.3 is 11.9 Å². The van der Waals surface area contributed by atoms with E-state index in [0.717, 1.165) is 0 Å². The summed E-state index contributed by atoms with van der Waals surface area (Å²) in [6.45, 7) is 0. The minimum absolute atomic E-state index is 0.169. The van der Waals surface area contributed by atoms with E-state index in [1.54, 1.807) is 0 Å². The van der Waals surface area contributed by atoms with Crippen LogP contribution in [0.3, 0.4) is 0 Å². The Morgan fingerprint density at radius 1 is 1.50 bits per heavy atom. The second-order valence-electron chi connectivity index (χ2n) is 2.15. The van der Waals surface area contributed by atoms with Crippen LogP contribution >= 0.6 is 0 Å². The molecule has 3 N–H and O–H groups in total. The van der Waals surface area contributed by atoms with E-state index in [1.165, 1.54) is 6.20 Å². The molecular weight excluding hydrogens is 164 g/mol. The summed E-state index contributed by atoms with van der Waals surface area (Å²) in [6.07, 6.45) is 0.857. The molecule has 1 rings (SSSR count). The van der Waals surface area contributed by atoms with Gasteiger partial charge in [0.2, 0.25) is 0 Å². The van der Waals surface area contributed by atoms with Gasteiger partial charge in [-0.3, -0.25) is 9.89 Å². The Labute approximate surface area is 66.8 Å². The molecular formula is C6H6N2O4. The van der Waals surface area contributed by atoms with Crippen LogP contribution < -0.4 is 0 Å². The van der Waals surface area contributed by atoms with Crippen molar-refractivity contribution in [1.29, 1.82) is 0 Å². The maximum absolute atomic E-state index is 10.4. The third-order valence-electron chi connectivity index (χ3n) is 1.27. The average molecular weight is 170 g/mol. The molecule has 0 spiro atoms. The van der Waals surface area contributed by atoms with Gasteiger partial charge in [-0.1, -0.05) is 0 Å². The van der Waals surface area contributed by atoms with Gasteiger partial charge in [0.25, 0.3) is 0 Å². The number of H-pyrrole nitrogens is 1. The summed E-state index contributed by atoms with van der Waals surface area (Å²) >= 11 is 0. The molecule has 1 aromatic rings. The van der Waals surface area contributed by atoms with Crippen molar-refractivity contribution in [3.8, 4) is 0 Å². The van der Waals surface area contributed by atoms with E-state index in [4.69, 9.17) is 10.2 Å². The minimum Gasteiger partial charge on any atom is -0.481 e. The highest BCUT2D eigenvalue weighted by molar-refractivity contribution is 5.88. The summed E-state index contributed by atoms with van der Waals surface area (Å²) in [7, 11) is 0. The fraction of sp³-hybridized carbons (Fsp3) is 0.167. The molecule has 1 heterocycles. The number of carbonyl (C=O) groups is 2. The standard InChI is InChI=1S/C6H6N2O4/c9-4(10)1-3-2-7-8-5(3)6(11)12/h2H,1H2,(H,7,8)(H,9,10)(H,11,12). The van der Waals surface area contributed by atoms with Gasteiger partial charge in [0.15, 0.2) is 0 Å². The first kappa shape index (κ1) is 8.25. The Bertz CT molecular complexity index is 317. The molecule has 0 amide bonds. The molecule has 1 aromatic heterocycles. The molecule has 0 unspecified atom stereocenters. The molecule has 0 saturated carbocycles. The van der Waals surface area contributed by atoms with Gasteiger partial charge in [0, 0.05) is 5.56 Å². The first-order chi connectivity index (χ1) is 5.61. The monoisotopic (exact) mass is 170 g/mol. The Kier molecular flexibility index (Phi) is 2.09. The largest absolute Gasteiger partial charge is 0.481 e.